The lowest BCUT2D eigenvalue weighted by Crippen LogP contribution is -2.20. The van der Waals surface area contributed by atoms with E-state index in [9.17, 15) is 4.79 Å². The van der Waals surface area contributed by atoms with Crippen molar-refractivity contribution in [3.63, 3.8) is 0 Å². The average molecular weight is 271 g/mol. The summed E-state index contributed by atoms with van der Waals surface area (Å²) in [4.78, 5) is 16.1. The van der Waals surface area contributed by atoms with Gasteiger partial charge in [-0.05, 0) is 38.1 Å². The SMILES string of the molecule is CCOc1ccccc1NC(=O)Nc1cccc(C)n1. The summed E-state index contributed by atoms with van der Waals surface area (Å²) in [5.74, 6) is 1.15. The molecule has 0 saturated carbocycles. The number of ether oxygens (including phenoxy) is 1. The van der Waals surface area contributed by atoms with Crippen LogP contribution in [-0.2, 0) is 0 Å². The highest BCUT2D eigenvalue weighted by Crippen LogP contribution is 2.23. The first-order chi connectivity index (χ1) is 9.69. The lowest BCUT2D eigenvalue weighted by molar-refractivity contribution is 0.262. The van der Waals surface area contributed by atoms with Gasteiger partial charge in [0.1, 0.15) is 11.6 Å². The van der Waals surface area contributed by atoms with E-state index in [-0.39, 0.29) is 6.03 Å². The van der Waals surface area contributed by atoms with Gasteiger partial charge in [0.2, 0.25) is 0 Å². The molecular formula is C15H17N3O2. The molecule has 104 valence electrons. The number of nitrogens with zero attached hydrogens (tertiary/aromatic N) is 1. The second-order valence-corrected chi connectivity index (χ2v) is 4.17. The Morgan fingerprint density at radius 1 is 1.15 bits per heavy atom. The third kappa shape index (κ3) is 3.71. The van der Waals surface area contributed by atoms with Crippen molar-refractivity contribution in [1.82, 2.24) is 4.98 Å². The lowest BCUT2D eigenvalue weighted by Gasteiger charge is -2.11. The number of carbonyl (C=O) groups is 1. The molecule has 1 heterocycles. The zero-order valence-electron chi connectivity index (χ0n) is 11.5. The van der Waals surface area contributed by atoms with Crippen molar-refractivity contribution in [3.05, 3.63) is 48.2 Å². The molecule has 2 rings (SSSR count). The molecule has 0 aliphatic rings. The Bertz CT molecular complexity index is 599. The van der Waals surface area contributed by atoms with Crippen LogP contribution in [0.3, 0.4) is 0 Å². The van der Waals surface area contributed by atoms with Crippen LogP contribution in [0.25, 0.3) is 0 Å². The first kappa shape index (κ1) is 13.9. The van der Waals surface area contributed by atoms with Crippen LogP contribution in [0, 0.1) is 6.92 Å². The fourth-order valence-electron chi connectivity index (χ4n) is 1.73. The van der Waals surface area contributed by atoms with Crippen LogP contribution < -0.4 is 15.4 Å². The van der Waals surface area contributed by atoms with E-state index in [1.165, 1.54) is 0 Å². The Morgan fingerprint density at radius 3 is 2.70 bits per heavy atom. The van der Waals surface area contributed by atoms with Crippen molar-refractivity contribution in [3.8, 4) is 5.75 Å². The summed E-state index contributed by atoms with van der Waals surface area (Å²) in [6.45, 7) is 4.31. The normalized spacial score (nSPS) is 9.90. The van der Waals surface area contributed by atoms with Gasteiger partial charge in [0.25, 0.3) is 0 Å². The first-order valence-electron chi connectivity index (χ1n) is 6.42. The zero-order chi connectivity index (χ0) is 14.4. The van der Waals surface area contributed by atoms with Crippen molar-refractivity contribution >= 4 is 17.5 Å². The molecule has 0 unspecified atom stereocenters. The van der Waals surface area contributed by atoms with Gasteiger partial charge in [0, 0.05) is 5.69 Å². The summed E-state index contributed by atoms with van der Waals surface area (Å²) in [6, 6.07) is 12.4. The van der Waals surface area contributed by atoms with Crippen LogP contribution in [0.1, 0.15) is 12.6 Å². The first-order valence-corrected chi connectivity index (χ1v) is 6.42. The second-order valence-electron chi connectivity index (χ2n) is 4.17. The maximum absolute atomic E-state index is 11.9. The van der Waals surface area contributed by atoms with Gasteiger partial charge in [-0.2, -0.15) is 0 Å². The van der Waals surface area contributed by atoms with Crippen molar-refractivity contribution in [2.75, 3.05) is 17.2 Å². The van der Waals surface area contributed by atoms with Gasteiger partial charge >= 0.3 is 6.03 Å². The van der Waals surface area contributed by atoms with Crippen LogP contribution in [-0.4, -0.2) is 17.6 Å². The standard InChI is InChI=1S/C15H17N3O2/c1-3-20-13-9-5-4-8-12(13)17-15(19)18-14-10-6-7-11(2)16-14/h4-10H,3H2,1-2H3,(H2,16,17,18,19). The molecule has 2 amide bonds. The highest BCUT2D eigenvalue weighted by Gasteiger charge is 2.07. The molecule has 0 atom stereocenters. The van der Waals surface area contributed by atoms with Crippen LogP contribution in [0.4, 0.5) is 16.3 Å². The number of nitrogens with one attached hydrogen (secondary N) is 2. The Kier molecular flexibility index (Phi) is 4.55. The molecule has 0 radical (unpaired) electrons. The molecule has 0 fully saturated rings. The summed E-state index contributed by atoms with van der Waals surface area (Å²) < 4.78 is 5.45. The maximum Gasteiger partial charge on any atom is 0.324 e. The second kappa shape index (κ2) is 6.56. The van der Waals surface area contributed by atoms with Gasteiger partial charge in [0.15, 0.2) is 0 Å². The van der Waals surface area contributed by atoms with E-state index < -0.39 is 0 Å². The number of anilines is 2. The molecule has 1 aromatic carbocycles. The number of para-hydroxylation sites is 2. The van der Waals surface area contributed by atoms with Crippen molar-refractivity contribution in [1.29, 1.82) is 0 Å². The van der Waals surface area contributed by atoms with Gasteiger partial charge in [0.05, 0.1) is 12.3 Å². The van der Waals surface area contributed by atoms with Crippen LogP contribution >= 0.6 is 0 Å². The third-order valence-electron chi connectivity index (χ3n) is 2.57. The maximum atomic E-state index is 11.9. The van der Waals surface area contributed by atoms with Gasteiger partial charge in [-0.1, -0.05) is 18.2 Å². The smallest absolute Gasteiger partial charge is 0.324 e. The Labute approximate surface area is 118 Å². The molecule has 2 N–H and O–H groups in total. The third-order valence-corrected chi connectivity index (χ3v) is 2.57. The Morgan fingerprint density at radius 2 is 1.95 bits per heavy atom. The van der Waals surface area contributed by atoms with E-state index in [0.29, 0.717) is 23.9 Å². The number of benzene rings is 1. The predicted octanol–water partition coefficient (Wildman–Crippen LogP) is 3.43. The Balaban J connectivity index is 2.05. The number of hydrogen-bond donors (Lipinski definition) is 2. The number of amides is 2. The zero-order valence-corrected chi connectivity index (χ0v) is 11.5. The summed E-state index contributed by atoms with van der Waals surface area (Å²) in [5.41, 5.74) is 1.47. The summed E-state index contributed by atoms with van der Waals surface area (Å²) in [7, 11) is 0. The minimum absolute atomic E-state index is 0.352. The van der Waals surface area contributed by atoms with Gasteiger partial charge < -0.3 is 10.1 Å². The summed E-state index contributed by atoms with van der Waals surface area (Å²) >= 11 is 0. The number of aromatic nitrogens is 1. The van der Waals surface area contributed by atoms with Crippen LogP contribution in [0.15, 0.2) is 42.5 Å². The summed E-state index contributed by atoms with van der Waals surface area (Å²) in [5, 5.41) is 5.43. The molecule has 1 aromatic heterocycles. The minimum atomic E-state index is -0.352. The molecule has 20 heavy (non-hydrogen) atoms. The van der Waals surface area contributed by atoms with Crippen molar-refractivity contribution < 1.29 is 9.53 Å². The van der Waals surface area contributed by atoms with Crippen LogP contribution in [0.5, 0.6) is 5.75 Å². The molecule has 0 aliphatic heterocycles. The number of carbonyl (C=O) groups excluding carboxylic acids is 1. The Hall–Kier alpha value is -2.56. The quantitative estimate of drug-likeness (QED) is 0.895. The van der Waals surface area contributed by atoms with Crippen molar-refractivity contribution in [2.45, 2.75) is 13.8 Å². The monoisotopic (exact) mass is 271 g/mol. The minimum Gasteiger partial charge on any atom is -0.492 e. The average Bonchev–Trinajstić information content (AvgIpc) is 2.41. The highest BCUT2D eigenvalue weighted by molar-refractivity contribution is 6.00. The molecule has 0 aliphatic carbocycles. The van der Waals surface area contributed by atoms with Crippen LogP contribution in [0.2, 0.25) is 0 Å². The summed E-state index contributed by atoms with van der Waals surface area (Å²) in [6.07, 6.45) is 0. The number of urea groups is 1. The molecule has 0 bridgehead atoms. The van der Waals surface area contributed by atoms with Gasteiger partial charge in [-0.15, -0.1) is 0 Å². The van der Waals surface area contributed by atoms with Crippen molar-refractivity contribution in [2.24, 2.45) is 0 Å². The van der Waals surface area contributed by atoms with E-state index in [4.69, 9.17) is 4.74 Å². The highest BCUT2D eigenvalue weighted by atomic mass is 16.5. The predicted molar refractivity (Wildman–Crippen MR) is 79.2 cm³/mol. The fourth-order valence-corrected chi connectivity index (χ4v) is 1.73. The van der Waals surface area contributed by atoms with E-state index in [1.807, 2.05) is 44.2 Å². The van der Waals surface area contributed by atoms with E-state index in [0.717, 1.165) is 5.69 Å². The molecule has 5 heteroatoms. The molecule has 2 aromatic rings. The molecular weight excluding hydrogens is 254 g/mol. The number of hydrogen-bond acceptors (Lipinski definition) is 3. The fraction of sp³-hybridized carbons (Fsp3) is 0.200. The molecule has 0 saturated heterocycles. The molecule has 5 nitrogen and oxygen atoms in total. The number of rotatable bonds is 4. The van der Waals surface area contributed by atoms with E-state index in [2.05, 4.69) is 15.6 Å². The number of aryl methyl sites for hydroxylation is 1. The molecule has 0 spiro atoms. The largest absolute Gasteiger partial charge is 0.492 e. The van der Waals surface area contributed by atoms with Gasteiger partial charge in [-0.3, -0.25) is 5.32 Å². The van der Waals surface area contributed by atoms with E-state index >= 15 is 0 Å². The van der Waals surface area contributed by atoms with E-state index in [1.54, 1.807) is 12.1 Å². The lowest BCUT2D eigenvalue weighted by atomic mass is 10.3. The number of pyridine rings is 1. The topological polar surface area (TPSA) is 63.2 Å². The van der Waals surface area contributed by atoms with Gasteiger partial charge in [-0.25, -0.2) is 9.78 Å².